The summed E-state index contributed by atoms with van der Waals surface area (Å²) >= 11 is 3.76. The van der Waals surface area contributed by atoms with Crippen molar-refractivity contribution in [1.82, 2.24) is 9.88 Å². The van der Waals surface area contributed by atoms with E-state index in [-0.39, 0.29) is 0 Å². The molecule has 5 rings (SSSR count). The van der Waals surface area contributed by atoms with Gasteiger partial charge in [0.25, 0.3) is 0 Å². The van der Waals surface area contributed by atoms with Crippen molar-refractivity contribution in [1.29, 1.82) is 0 Å². The average molecular weight is 573 g/mol. The Hall–Kier alpha value is -2.73. The third-order valence-electron chi connectivity index (χ3n) is 7.88. The van der Waals surface area contributed by atoms with E-state index in [1.807, 2.05) is 44.4 Å². The third kappa shape index (κ3) is 5.80. The van der Waals surface area contributed by atoms with E-state index in [2.05, 4.69) is 81.2 Å². The Balaban J connectivity index is 1.70. The summed E-state index contributed by atoms with van der Waals surface area (Å²) in [6, 6.07) is 27.2. The van der Waals surface area contributed by atoms with Crippen molar-refractivity contribution in [2.75, 3.05) is 38.6 Å². The summed E-state index contributed by atoms with van der Waals surface area (Å²) in [6.45, 7) is 5.12. The lowest BCUT2D eigenvalue weighted by Crippen LogP contribution is -2.35. The summed E-state index contributed by atoms with van der Waals surface area (Å²) in [5.74, 6) is 1.80. The molecule has 1 unspecified atom stereocenters. The van der Waals surface area contributed by atoms with Gasteiger partial charge in [0.1, 0.15) is 11.4 Å². The van der Waals surface area contributed by atoms with Crippen LogP contribution in [0.3, 0.4) is 0 Å². The van der Waals surface area contributed by atoms with Crippen molar-refractivity contribution in [2.24, 2.45) is 5.92 Å². The Labute approximate surface area is 235 Å². The molecule has 0 bridgehead atoms. The van der Waals surface area contributed by atoms with Crippen LogP contribution in [0.4, 0.5) is 5.82 Å². The first kappa shape index (κ1) is 26.9. The number of aromatic nitrogens is 1. The van der Waals surface area contributed by atoms with Crippen molar-refractivity contribution in [2.45, 2.75) is 38.2 Å². The second-order valence-corrected chi connectivity index (χ2v) is 12.0. The Kier molecular flexibility index (Phi) is 8.18. The smallest absolute Gasteiger partial charge is 0.132 e. The van der Waals surface area contributed by atoms with Crippen LogP contribution in [0.25, 0.3) is 10.9 Å². The number of nitrogens with zero attached hydrogens (tertiary/aromatic N) is 3. The molecule has 0 spiro atoms. The van der Waals surface area contributed by atoms with Gasteiger partial charge in [-0.05, 0) is 74.2 Å². The van der Waals surface area contributed by atoms with Crippen molar-refractivity contribution >= 4 is 32.7 Å². The first-order valence-electron chi connectivity index (χ1n) is 13.7. The van der Waals surface area contributed by atoms with Crippen LogP contribution in [0.1, 0.15) is 48.4 Å². The normalized spacial score (nSPS) is 16.2. The van der Waals surface area contributed by atoms with Crippen LogP contribution in [-0.2, 0) is 12.0 Å². The quantitative estimate of drug-likeness (QED) is 0.247. The lowest BCUT2D eigenvalue weighted by Gasteiger charge is -2.34. The summed E-state index contributed by atoms with van der Waals surface area (Å²) in [5, 5.41) is 13.5. The zero-order chi connectivity index (χ0) is 26.7. The molecule has 5 heteroatoms. The minimum atomic E-state index is -1.17. The van der Waals surface area contributed by atoms with Gasteiger partial charge in [0.15, 0.2) is 0 Å². The number of halogens is 1. The SMILES string of the molecule is CC1CCN(c2nc3c(C(O)(CCN(C)C)c4ccccc4)cc(Br)cc3cc2Cc2ccccc2)CC1. The monoisotopic (exact) mass is 571 g/mol. The van der Waals surface area contributed by atoms with Gasteiger partial charge < -0.3 is 14.9 Å². The first-order valence-corrected chi connectivity index (χ1v) is 14.5. The van der Waals surface area contributed by atoms with Crippen LogP contribution < -0.4 is 4.90 Å². The maximum atomic E-state index is 12.5. The van der Waals surface area contributed by atoms with E-state index in [9.17, 15) is 5.11 Å². The second kappa shape index (κ2) is 11.6. The van der Waals surface area contributed by atoms with E-state index in [0.29, 0.717) is 6.42 Å². The highest BCUT2D eigenvalue weighted by atomic mass is 79.9. The van der Waals surface area contributed by atoms with E-state index in [1.54, 1.807) is 0 Å². The zero-order valence-electron chi connectivity index (χ0n) is 22.7. The first-order chi connectivity index (χ1) is 18.3. The predicted molar refractivity (Wildman–Crippen MR) is 162 cm³/mol. The fourth-order valence-corrected chi connectivity index (χ4v) is 6.05. The molecule has 1 atom stereocenters. The fourth-order valence-electron chi connectivity index (χ4n) is 5.57. The topological polar surface area (TPSA) is 39.6 Å². The van der Waals surface area contributed by atoms with Gasteiger partial charge >= 0.3 is 0 Å². The molecule has 3 aromatic carbocycles. The molecule has 1 saturated heterocycles. The molecule has 0 radical (unpaired) electrons. The Morgan fingerprint density at radius 3 is 2.29 bits per heavy atom. The number of hydrogen-bond donors (Lipinski definition) is 1. The van der Waals surface area contributed by atoms with Gasteiger partial charge in [-0.25, -0.2) is 4.98 Å². The number of fused-ring (bicyclic) bond motifs is 1. The Morgan fingerprint density at radius 2 is 1.63 bits per heavy atom. The Morgan fingerprint density at radius 1 is 0.974 bits per heavy atom. The molecule has 198 valence electrons. The van der Waals surface area contributed by atoms with E-state index >= 15 is 0 Å². The number of anilines is 1. The van der Waals surface area contributed by atoms with Crippen molar-refractivity contribution in [3.63, 3.8) is 0 Å². The van der Waals surface area contributed by atoms with Crippen LogP contribution >= 0.6 is 15.9 Å². The molecule has 1 aliphatic heterocycles. The molecule has 38 heavy (non-hydrogen) atoms. The number of piperidine rings is 1. The summed E-state index contributed by atoms with van der Waals surface area (Å²) < 4.78 is 0.950. The molecule has 0 amide bonds. The van der Waals surface area contributed by atoms with Crippen molar-refractivity contribution < 1.29 is 5.11 Å². The molecule has 4 nitrogen and oxygen atoms in total. The lowest BCUT2D eigenvalue weighted by atomic mass is 9.82. The molecule has 2 heterocycles. The Bertz CT molecular complexity index is 1370. The van der Waals surface area contributed by atoms with Gasteiger partial charge in [0.05, 0.1) is 5.52 Å². The summed E-state index contributed by atoms with van der Waals surface area (Å²) in [5.41, 5.74) is 3.97. The van der Waals surface area contributed by atoms with E-state index in [1.165, 1.54) is 24.0 Å². The van der Waals surface area contributed by atoms with Crippen molar-refractivity contribution in [3.05, 3.63) is 106 Å². The standard InChI is InChI=1S/C33H38BrN3O/c1-24-14-17-37(18-15-24)32-27(20-25-10-6-4-7-11-25)21-26-22-29(34)23-30(31(26)35-32)33(38,16-19-36(2)3)28-12-8-5-9-13-28/h4-13,21-24,38H,14-20H2,1-3H3. The van der Waals surface area contributed by atoms with Crippen LogP contribution in [0, 0.1) is 5.92 Å². The molecule has 1 aliphatic rings. The average Bonchev–Trinajstić information content (AvgIpc) is 2.92. The number of pyridine rings is 1. The lowest BCUT2D eigenvalue weighted by molar-refractivity contribution is 0.0641. The van der Waals surface area contributed by atoms with Crippen LogP contribution in [0.5, 0.6) is 0 Å². The van der Waals surface area contributed by atoms with E-state index in [0.717, 1.165) is 64.3 Å². The van der Waals surface area contributed by atoms with Crippen LogP contribution in [0.2, 0.25) is 0 Å². The highest BCUT2D eigenvalue weighted by Gasteiger charge is 2.34. The second-order valence-electron chi connectivity index (χ2n) is 11.1. The summed E-state index contributed by atoms with van der Waals surface area (Å²) in [4.78, 5) is 10.00. The molecule has 1 N–H and O–H groups in total. The zero-order valence-corrected chi connectivity index (χ0v) is 24.3. The van der Waals surface area contributed by atoms with Gasteiger partial charge in [-0.15, -0.1) is 0 Å². The van der Waals surface area contributed by atoms with Gasteiger partial charge in [0.2, 0.25) is 0 Å². The van der Waals surface area contributed by atoms with Gasteiger partial charge in [0, 0.05) is 41.5 Å². The largest absolute Gasteiger partial charge is 0.380 e. The molecule has 1 fully saturated rings. The molecule has 1 aromatic heterocycles. The van der Waals surface area contributed by atoms with Gasteiger partial charge in [-0.1, -0.05) is 83.5 Å². The number of benzene rings is 3. The van der Waals surface area contributed by atoms with Crippen LogP contribution in [0.15, 0.2) is 83.3 Å². The minimum Gasteiger partial charge on any atom is -0.380 e. The fraction of sp³-hybridized carbons (Fsp3) is 0.364. The molecule has 0 saturated carbocycles. The molecular formula is C33H38BrN3O. The number of hydrogen-bond acceptors (Lipinski definition) is 4. The van der Waals surface area contributed by atoms with E-state index in [4.69, 9.17) is 4.98 Å². The highest BCUT2D eigenvalue weighted by Crippen LogP contribution is 2.40. The third-order valence-corrected chi connectivity index (χ3v) is 8.33. The number of rotatable bonds is 8. The summed E-state index contributed by atoms with van der Waals surface area (Å²) in [7, 11) is 4.10. The maximum absolute atomic E-state index is 12.5. The van der Waals surface area contributed by atoms with Gasteiger partial charge in [-0.2, -0.15) is 0 Å². The highest BCUT2D eigenvalue weighted by molar-refractivity contribution is 9.10. The summed E-state index contributed by atoms with van der Waals surface area (Å²) in [6.07, 6.45) is 3.75. The molecule has 0 aliphatic carbocycles. The predicted octanol–water partition coefficient (Wildman–Crippen LogP) is 7.01. The van der Waals surface area contributed by atoms with Gasteiger partial charge in [-0.3, -0.25) is 0 Å². The van der Waals surface area contributed by atoms with Crippen molar-refractivity contribution in [3.8, 4) is 0 Å². The molecular weight excluding hydrogens is 534 g/mol. The molecule has 4 aromatic rings. The van der Waals surface area contributed by atoms with Crippen LogP contribution in [-0.4, -0.2) is 48.7 Å². The number of aliphatic hydroxyl groups is 1. The minimum absolute atomic E-state index is 0.569. The van der Waals surface area contributed by atoms with E-state index < -0.39 is 5.60 Å². The maximum Gasteiger partial charge on any atom is 0.132 e.